The van der Waals surface area contributed by atoms with E-state index in [0.29, 0.717) is 5.56 Å². The second kappa shape index (κ2) is 6.51. The van der Waals surface area contributed by atoms with Crippen LogP contribution in [-0.2, 0) is 13.0 Å². The van der Waals surface area contributed by atoms with Gasteiger partial charge in [0.15, 0.2) is 0 Å². The van der Waals surface area contributed by atoms with E-state index in [4.69, 9.17) is 0 Å². The second-order valence-corrected chi connectivity index (χ2v) is 6.56. The van der Waals surface area contributed by atoms with Crippen molar-refractivity contribution in [1.82, 2.24) is 15.6 Å². The van der Waals surface area contributed by atoms with Crippen LogP contribution in [0.1, 0.15) is 46.0 Å². The molecule has 2 amide bonds. The van der Waals surface area contributed by atoms with Gasteiger partial charge in [0.05, 0.1) is 12.6 Å². The first-order valence-electron chi connectivity index (χ1n) is 8.27. The Bertz CT molecular complexity index is 839. The lowest BCUT2D eigenvalue weighted by atomic mass is 10.1. The number of rotatable bonds is 3. The van der Waals surface area contributed by atoms with Crippen LogP contribution in [0.2, 0.25) is 0 Å². The smallest absolute Gasteiger partial charge is 0.315 e. The fourth-order valence-electron chi connectivity index (χ4n) is 3.38. The summed E-state index contributed by atoms with van der Waals surface area (Å²) in [7, 11) is 0. The summed E-state index contributed by atoms with van der Waals surface area (Å²) in [6, 6.07) is 8.06. The molecule has 126 valence electrons. The summed E-state index contributed by atoms with van der Waals surface area (Å²) in [6.07, 6.45) is 1.90. The van der Waals surface area contributed by atoms with Gasteiger partial charge in [-0.25, -0.2) is 4.79 Å². The molecule has 0 aliphatic heterocycles. The molecule has 5 heteroatoms. The Kier molecular flexibility index (Phi) is 4.42. The van der Waals surface area contributed by atoms with Crippen molar-refractivity contribution in [2.75, 3.05) is 0 Å². The van der Waals surface area contributed by atoms with E-state index in [9.17, 15) is 9.59 Å². The van der Waals surface area contributed by atoms with Crippen molar-refractivity contribution in [2.45, 2.75) is 46.2 Å². The molecule has 0 saturated carbocycles. The SMILES string of the molecule is Cc1ccc2c(c1)CC[C@@H]2NC(=O)NCc1c(C)cc(C)[nH]c1=O. The van der Waals surface area contributed by atoms with Gasteiger partial charge in [0, 0.05) is 11.3 Å². The number of carbonyl (C=O) groups excluding carboxylic acids is 1. The lowest BCUT2D eigenvalue weighted by Gasteiger charge is -2.15. The maximum absolute atomic E-state index is 12.2. The number of fused-ring (bicyclic) bond motifs is 1. The highest BCUT2D eigenvalue weighted by atomic mass is 16.2. The molecule has 1 aromatic carbocycles. The van der Waals surface area contributed by atoms with Gasteiger partial charge in [-0.15, -0.1) is 0 Å². The van der Waals surface area contributed by atoms with Crippen LogP contribution in [0.25, 0.3) is 0 Å². The number of nitrogens with one attached hydrogen (secondary N) is 3. The maximum Gasteiger partial charge on any atom is 0.315 e. The van der Waals surface area contributed by atoms with Gasteiger partial charge in [-0.2, -0.15) is 0 Å². The zero-order valence-corrected chi connectivity index (χ0v) is 14.3. The zero-order chi connectivity index (χ0) is 17.3. The predicted molar refractivity (Wildman–Crippen MR) is 94.1 cm³/mol. The average Bonchev–Trinajstić information content (AvgIpc) is 2.88. The number of aromatic amines is 1. The molecule has 0 fully saturated rings. The molecule has 0 unspecified atom stereocenters. The number of H-pyrrole nitrogens is 1. The molecular weight excluding hydrogens is 302 g/mol. The summed E-state index contributed by atoms with van der Waals surface area (Å²) in [5, 5.41) is 5.81. The van der Waals surface area contributed by atoms with Crippen LogP contribution >= 0.6 is 0 Å². The lowest BCUT2D eigenvalue weighted by Crippen LogP contribution is -2.38. The third-order valence-corrected chi connectivity index (χ3v) is 4.60. The maximum atomic E-state index is 12.2. The highest BCUT2D eigenvalue weighted by molar-refractivity contribution is 5.74. The average molecular weight is 325 g/mol. The Morgan fingerprint density at radius 3 is 2.79 bits per heavy atom. The quantitative estimate of drug-likeness (QED) is 0.812. The van der Waals surface area contributed by atoms with Crippen LogP contribution in [0.4, 0.5) is 4.79 Å². The Morgan fingerprint density at radius 2 is 2.04 bits per heavy atom. The summed E-state index contributed by atoms with van der Waals surface area (Å²) in [4.78, 5) is 27.0. The lowest BCUT2D eigenvalue weighted by molar-refractivity contribution is 0.236. The zero-order valence-electron chi connectivity index (χ0n) is 14.3. The minimum Gasteiger partial charge on any atom is -0.334 e. The Hall–Kier alpha value is -2.56. The summed E-state index contributed by atoms with van der Waals surface area (Å²) >= 11 is 0. The molecule has 1 aromatic heterocycles. The van der Waals surface area contributed by atoms with E-state index in [1.807, 2.05) is 19.9 Å². The number of urea groups is 1. The topological polar surface area (TPSA) is 74.0 Å². The predicted octanol–water partition coefficient (Wildman–Crippen LogP) is 2.79. The molecule has 2 aromatic rings. The second-order valence-electron chi connectivity index (χ2n) is 6.56. The third kappa shape index (κ3) is 3.35. The van der Waals surface area contributed by atoms with Crippen LogP contribution in [0.15, 0.2) is 29.1 Å². The van der Waals surface area contributed by atoms with Crippen LogP contribution in [0.5, 0.6) is 0 Å². The van der Waals surface area contributed by atoms with Gasteiger partial charge in [0.25, 0.3) is 5.56 Å². The van der Waals surface area contributed by atoms with E-state index in [1.54, 1.807) is 0 Å². The van der Waals surface area contributed by atoms with E-state index >= 15 is 0 Å². The van der Waals surface area contributed by atoms with E-state index in [-0.39, 0.29) is 24.2 Å². The molecule has 0 radical (unpaired) electrons. The van der Waals surface area contributed by atoms with Gasteiger partial charge in [0.2, 0.25) is 0 Å². The van der Waals surface area contributed by atoms with Crippen LogP contribution in [-0.4, -0.2) is 11.0 Å². The Morgan fingerprint density at radius 1 is 1.25 bits per heavy atom. The van der Waals surface area contributed by atoms with Crippen LogP contribution in [0.3, 0.4) is 0 Å². The first-order chi connectivity index (χ1) is 11.4. The van der Waals surface area contributed by atoms with Crippen molar-refractivity contribution in [2.24, 2.45) is 0 Å². The molecule has 3 rings (SSSR count). The van der Waals surface area contributed by atoms with Crippen molar-refractivity contribution in [3.8, 4) is 0 Å². The first-order valence-corrected chi connectivity index (χ1v) is 8.27. The molecule has 3 N–H and O–H groups in total. The van der Waals surface area contributed by atoms with E-state index < -0.39 is 0 Å². The number of aromatic nitrogens is 1. The van der Waals surface area contributed by atoms with Gasteiger partial charge in [-0.1, -0.05) is 23.8 Å². The normalized spacial score (nSPS) is 15.9. The van der Waals surface area contributed by atoms with Gasteiger partial charge < -0.3 is 15.6 Å². The van der Waals surface area contributed by atoms with E-state index in [1.165, 1.54) is 16.7 Å². The van der Waals surface area contributed by atoms with Gasteiger partial charge in [-0.3, -0.25) is 4.79 Å². The number of aryl methyl sites for hydroxylation is 4. The summed E-state index contributed by atoms with van der Waals surface area (Å²) in [5.41, 5.74) is 5.91. The molecule has 1 aliphatic carbocycles. The van der Waals surface area contributed by atoms with Gasteiger partial charge >= 0.3 is 6.03 Å². The molecular formula is C19H23N3O2. The van der Waals surface area contributed by atoms with E-state index in [0.717, 1.165) is 24.1 Å². The minimum atomic E-state index is -0.243. The number of hydrogen-bond donors (Lipinski definition) is 3. The largest absolute Gasteiger partial charge is 0.334 e. The highest BCUT2D eigenvalue weighted by Gasteiger charge is 2.23. The van der Waals surface area contributed by atoms with Crippen molar-refractivity contribution < 1.29 is 4.79 Å². The van der Waals surface area contributed by atoms with Crippen molar-refractivity contribution in [1.29, 1.82) is 0 Å². The third-order valence-electron chi connectivity index (χ3n) is 4.60. The highest BCUT2D eigenvalue weighted by Crippen LogP contribution is 2.31. The molecule has 1 aliphatic rings. The number of benzene rings is 1. The fraction of sp³-hybridized carbons (Fsp3) is 0.368. The molecule has 0 spiro atoms. The summed E-state index contributed by atoms with van der Waals surface area (Å²) in [6.45, 7) is 6.03. The van der Waals surface area contributed by atoms with Crippen molar-refractivity contribution in [3.63, 3.8) is 0 Å². The van der Waals surface area contributed by atoms with Gasteiger partial charge in [0.1, 0.15) is 0 Å². The number of amides is 2. The van der Waals surface area contributed by atoms with E-state index in [2.05, 4.69) is 40.7 Å². The van der Waals surface area contributed by atoms with Crippen molar-refractivity contribution >= 4 is 6.03 Å². The molecule has 5 nitrogen and oxygen atoms in total. The summed E-state index contributed by atoms with van der Waals surface area (Å²) < 4.78 is 0. The minimum absolute atomic E-state index is 0.0398. The fourth-order valence-corrected chi connectivity index (χ4v) is 3.38. The first kappa shape index (κ1) is 16.3. The number of pyridine rings is 1. The van der Waals surface area contributed by atoms with Crippen molar-refractivity contribution in [3.05, 3.63) is 68.1 Å². The standard InChI is InChI=1S/C19H23N3O2/c1-11-4-6-15-14(8-11)5-7-17(15)22-19(24)20-10-16-12(2)9-13(3)21-18(16)23/h4,6,8-9,17H,5,7,10H2,1-3H3,(H,21,23)(H2,20,22,24)/t17-/m0/s1. The summed E-state index contributed by atoms with van der Waals surface area (Å²) in [5.74, 6) is 0. The van der Waals surface area contributed by atoms with Crippen LogP contribution < -0.4 is 16.2 Å². The number of carbonyl (C=O) groups is 1. The van der Waals surface area contributed by atoms with Gasteiger partial charge in [-0.05, 0) is 56.4 Å². The van der Waals surface area contributed by atoms with Crippen LogP contribution in [0, 0.1) is 20.8 Å². The molecule has 1 heterocycles. The molecule has 0 saturated heterocycles. The Balaban J connectivity index is 1.63. The molecule has 1 atom stereocenters. The molecule has 0 bridgehead atoms. The monoisotopic (exact) mass is 325 g/mol. The number of hydrogen-bond acceptors (Lipinski definition) is 2. The Labute approximate surface area is 141 Å². The molecule has 24 heavy (non-hydrogen) atoms.